The van der Waals surface area contributed by atoms with Crippen molar-refractivity contribution in [1.29, 1.82) is 0 Å². The number of fused-ring (bicyclic) bond motifs is 1. The van der Waals surface area contributed by atoms with E-state index in [4.69, 9.17) is 10.5 Å². The van der Waals surface area contributed by atoms with Crippen molar-refractivity contribution in [2.45, 2.75) is 32.3 Å². The molecular weight excluding hydrogens is 288 g/mol. The first kappa shape index (κ1) is 15.4. The Morgan fingerprint density at radius 3 is 2.61 bits per heavy atom. The molecule has 0 bridgehead atoms. The van der Waals surface area contributed by atoms with Crippen molar-refractivity contribution in [3.05, 3.63) is 54.1 Å². The summed E-state index contributed by atoms with van der Waals surface area (Å²) in [6.45, 7) is 4.26. The number of aryl methyl sites for hydroxylation is 1. The third kappa shape index (κ3) is 3.16. The number of carbonyl (C=O) groups excluding carboxylic acids is 1. The molecule has 0 atom stereocenters. The lowest BCUT2D eigenvalue weighted by Gasteiger charge is -2.39. The van der Waals surface area contributed by atoms with Gasteiger partial charge in [-0.15, -0.1) is 0 Å². The number of carbonyl (C=O) groups is 1. The molecule has 0 saturated carbocycles. The Morgan fingerprint density at radius 2 is 1.87 bits per heavy atom. The fourth-order valence-electron chi connectivity index (χ4n) is 2.90. The summed E-state index contributed by atoms with van der Waals surface area (Å²) >= 11 is 0. The zero-order valence-electron chi connectivity index (χ0n) is 13.6. The summed E-state index contributed by atoms with van der Waals surface area (Å²) in [5.41, 5.74) is 7.70. The summed E-state index contributed by atoms with van der Waals surface area (Å²) in [4.78, 5) is 14.5. The van der Waals surface area contributed by atoms with Gasteiger partial charge in [-0.2, -0.15) is 0 Å². The van der Waals surface area contributed by atoms with E-state index in [-0.39, 0.29) is 5.91 Å². The number of amides is 1. The molecule has 0 fully saturated rings. The Labute approximate surface area is 136 Å². The normalized spacial score (nSPS) is 15.9. The van der Waals surface area contributed by atoms with Gasteiger partial charge >= 0.3 is 0 Å². The van der Waals surface area contributed by atoms with Gasteiger partial charge in [-0.25, -0.2) is 0 Å². The smallest absolute Gasteiger partial charge is 0.270 e. The van der Waals surface area contributed by atoms with Crippen LogP contribution in [0.25, 0.3) is 0 Å². The van der Waals surface area contributed by atoms with Crippen LogP contribution in [-0.4, -0.2) is 18.1 Å². The molecule has 0 radical (unpaired) electrons. The molecular formula is C19H22N2O2. The third-order valence-electron chi connectivity index (χ3n) is 4.09. The van der Waals surface area contributed by atoms with Crippen LogP contribution in [0.2, 0.25) is 0 Å². The molecule has 1 amide bonds. The molecule has 0 saturated heterocycles. The monoisotopic (exact) mass is 310 g/mol. The molecule has 1 aliphatic rings. The minimum absolute atomic E-state index is 0.0113. The lowest BCUT2D eigenvalue weighted by molar-refractivity contribution is -0.132. The van der Waals surface area contributed by atoms with Crippen LogP contribution in [-0.2, 0) is 11.2 Å². The van der Waals surface area contributed by atoms with E-state index in [0.717, 1.165) is 18.5 Å². The first-order valence-electron chi connectivity index (χ1n) is 7.92. The fraction of sp³-hybridized carbons (Fsp3) is 0.316. The summed E-state index contributed by atoms with van der Waals surface area (Å²) < 4.78 is 5.84. The molecule has 120 valence electrons. The second kappa shape index (κ2) is 5.95. The van der Waals surface area contributed by atoms with Gasteiger partial charge in [-0.1, -0.05) is 30.3 Å². The summed E-state index contributed by atoms with van der Waals surface area (Å²) in [7, 11) is 0. The van der Waals surface area contributed by atoms with Crippen molar-refractivity contribution < 1.29 is 9.53 Å². The van der Waals surface area contributed by atoms with Gasteiger partial charge in [0.1, 0.15) is 5.75 Å². The van der Waals surface area contributed by atoms with Gasteiger partial charge in [-0.3, -0.25) is 4.79 Å². The second-order valence-electron chi connectivity index (χ2n) is 6.39. The third-order valence-corrected chi connectivity index (χ3v) is 4.09. The largest absolute Gasteiger partial charge is 0.476 e. The molecule has 0 spiro atoms. The molecule has 1 aliphatic heterocycles. The highest BCUT2D eigenvalue weighted by Gasteiger charge is 2.40. The van der Waals surface area contributed by atoms with Crippen LogP contribution in [0.5, 0.6) is 5.75 Å². The van der Waals surface area contributed by atoms with Gasteiger partial charge in [0.05, 0.1) is 5.69 Å². The Bertz CT molecular complexity index is 711. The summed E-state index contributed by atoms with van der Waals surface area (Å²) in [6, 6.07) is 15.8. The van der Waals surface area contributed by atoms with Gasteiger partial charge < -0.3 is 15.4 Å². The van der Waals surface area contributed by atoms with Crippen LogP contribution in [0.15, 0.2) is 48.5 Å². The van der Waals surface area contributed by atoms with Crippen molar-refractivity contribution >= 4 is 17.3 Å². The predicted octanol–water partition coefficient (Wildman–Crippen LogP) is 3.41. The number of nitrogens with zero attached hydrogens (tertiary/aromatic N) is 1. The average Bonchev–Trinajstić information content (AvgIpc) is 2.52. The molecule has 2 N–H and O–H groups in total. The zero-order chi connectivity index (χ0) is 16.4. The minimum atomic E-state index is -0.868. The molecule has 4 heteroatoms. The highest BCUT2D eigenvalue weighted by Crippen LogP contribution is 2.39. The number of rotatable bonds is 4. The maximum atomic E-state index is 12.7. The maximum absolute atomic E-state index is 12.7. The van der Waals surface area contributed by atoms with Crippen molar-refractivity contribution in [3.63, 3.8) is 0 Å². The van der Waals surface area contributed by atoms with Crippen molar-refractivity contribution in [1.82, 2.24) is 0 Å². The van der Waals surface area contributed by atoms with Crippen LogP contribution in [0.4, 0.5) is 11.4 Å². The van der Waals surface area contributed by atoms with Crippen molar-refractivity contribution in [3.8, 4) is 5.75 Å². The SMILES string of the molecule is CC1(C)Oc2cc(N)ccc2N(CCCc2ccccc2)C1=O. The number of anilines is 2. The Balaban J connectivity index is 1.78. The number of nitrogens with two attached hydrogens (primary N) is 1. The quantitative estimate of drug-likeness (QED) is 0.881. The molecule has 4 nitrogen and oxygen atoms in total. The van der Waals surface area contributed by atoms with Crippen LogP contribution in [0.3, 0.4) is 0 Å². The van der Waals surface area contributed by atoms with E-state index in [1.165, 1.54) is 5.56 Å². The number of hydrogen-bond donors (Lipinski definition) is 1. The zero-order valence-corrected chi connectivity index (χ0v) is 13.6. The van der Waals surface area contributed by atoms with Crippen LogP contribution < -0.4 is 15.4 Å². The summed E-state index contributed by atoms with van der Waals surface area (Å²) in [5, 5.41) is 0. The lowest BCUT2D eigenvalue weighted by Crippen LogP contribution is -2.52. The number of hydrogen-bond acceptors (Lipinski definition) is 3. The molecule has 0 aliphatic carbocycles. The molecule has 0 aromatic heterocycles. The van der Waals surface area contributed by atoms with Crippen molar-refractivity contribution in [2.24, 2.45) is 0 Å². The van der Waals surface area contributed by atoms with E-state index in [9.17, 15) is 4.79 Å². The fourth-order valence-corrected chi connectivity index (χ4v) is 2.90. The van der Waals surface area contributed by atoms with E-state index >= 15 is 0 Å². The molecule has 2 aromatic carbocycles. The lowest BCUT2D eigenvalue weighted by atomic mass is 10.0. The van der Waals surface area contributed by atoms with E-state index < -0.39 is 5.60 Å². The number of nitrogen functional groups attached to an aromatic ring is 1. The van der Waals surface area contributed by atoms with E-state index in [2.05, 4.69) is 12.1 Å². The molecule has 2 aromatic rings. The standard InChI is InChI=1S/C19H22N2O2/c1-19(2)18(22)21(12-6-9-14-7-4-3-5-8-14)16-11-10-15(20)13-17(16)23-19/h3-5,7-8,10-11,13H,6,9,12,20H2,1-2H3. The van der Waals surface area contributed by atoms with Gasteiger partial charge in [0.25, 0.3) is 5.91 Å². The predicted molar refractivity (Wildman–Crippen MR) is 92.7 cm³/mol. The first-order chi connectivity index (χ1) is 11.0. The topological polar surface area (TPSA) is 55.6 Å². The Kier molecular flexibility index (Phi) is 3.99. The summed E-state index contributed by atoms with van der Waals surface area (Å²) in [6.07, 6.45) is 1.84. The second-order valence-corrected chi connectivity index (χ2v) is 6.39. The average molecular weight is 310 g/mol. The maximum Gasteiger partial charge on any atom is 0.270 e. The molecule has 23 heavy (non-hydrogen) atoms. The van der Waals surface area contributed by atoms with Crippen LogP contribution >= 0.6 is 0 Å². The van der Waals surface area contributed by atoms with Crippen molar-refractivity contribution in [2.75, 3.05) is 17.2 Å². The molecule has 0 unspecified atom stereocenters. The summed E-state index contributed by atoms with van der Waals surface area (Å²) in [5.74, 6) is 0.664. The molecule has 1 heterocycles. The Morgan fingerprint density at radius 1 is 1.13 bits per heavy atom. The van der Waals surface area contributed by atoms with Crippen LogP contribution in [0.1, 0.15) is 25.8 Å². The van der Waals surface area contributed by atoms with Gasteiger partial charge in [0.15, 0.2) is 5.60 Å². The minimum Gasteiger partial charge on any atom is -0.476 e. The van der Waals surface area contributed by atoms with E-state index in [1.54, 1.807) is 26.0 Å². The van der Waals surface area contributed by atoms with E-state index in [0.29, 0.717) is 18.0 Å². The number of benzene rings is 2. The van der Waals surface area contributed by atoms with Gasteiger partial charge in [-0.05, 0) is 44.4 Å². The first-order valence-corrected chi connectivity index (χ1v) is 7.92. The number of ether oxygens (including phenoxy) is 1. The highest BCUT2D eigenvalue weighted by atomic mass is 16.5. The van der Waals surface area contributed by atoms with Crippen LogP contribution in [0, 0.1) is 0 Å². The van der Waals surface area contributed by atoms with Gasteiger partial charge in [0, 0.05) is 18.3 Å². The Hall–Kier alpha value is -2.49. The van der Waals surface area contributed by atoms with E-state index in [1.807, 2.05) is 29.2 Å². The van der Waals surface area contributed by atoms with Gasteiger partial charge in [0.2, 0.25) is 0 Å². The molecule has 3 rings (SSSR count). The highest BCUT2D eigenvalue weighted by molar-refractivity contribution is 6.02.